The van der Waals surface area contributed by atoms with Gasteiger partial charge in [0.1, 0.15) is 0 Å². The average Bonchev–Trinajstić information content (AvgIpc) is 3.53. The fourth-order valence-electron chi connectivity index (χ4n) is 4.24. The van der Waals surface area contributed by atoms with Crippen LogP contribution in [0.2, 0.25) is 0 Å². The molecule has 8 heteroatoms. The molecular formula is C25H19N5O2S. The average molecular weight is 454 g/mol. The van der Waals surface area contributed by atoms with Crippen LogP contribution in [-0.4, -0.2) is 29.4 Å². The first kappa shape index (κ1) is 19.5. The molecule has 0 fully saturated rings. The summed E-state index contributed by atoms with van der Waals surface area (Å²) in [5, 5.41) is 22.4. The van der Waals surface area contributed by atoms with Crippen LogP contribution in [0.25, 0.3) is 26.7 Å². The van der Waals surface area contributed by atoms with Gasteiger partial charge in [-0.05, 0) is 58.3 Å². The fraction of sp³-hybridized carbons (Fsp3) is 0.0800. The number of hydrogen-bond donors (Lipinski definition) is 2. The van der Waals surface area contributed by atoms with Crippen LogP contribution < -0.4 is 5.69 Å². The number of nitrogens with zero attached hydrogens (tertiary/aromatic N) is 4. The van der Waals surface area contributed by atoms with Gasteiger partial charge in [0.25, 0.3) is 0 Å². The van der Waals surface area contributed by atoms with E-state index in [1.165, 1.54) is 9.27 Å². The Hall–Kier alpha value is -4.17. The summed E-state index contributed by atoms with van der Waals surface area (Å²) in [5.41, 5.74) is 3.76. The van der Waals surface area contributed by atoms with Crippen molar-refractivity contribution in [2.75, 3.05) is 0 Å². The lowest BCUT2D eigenvalue weighted by Crippen LogP contribution is -2.24. The Balaban J connectivity index is 1.53. The maximum atomic E-state index is 13.6. The lowest BCUT2D eigenvalue weighted by Gasteiger charge is -2.07. The van der Waals surface area contributed by atoms with E-state index >= 15 is 0 Å². The summed E-state index contributed by atoms with van der Waals surface area (Å²) >= 11 is 1.66. The van der Waals surface area contributed by atoms with Gasteiger partial charge in [0.05, 0.1) is 29.6 Å². The summed E-state index contributed by atoms with van der Waals surface area (Å²) in [5.74, 6) is -0.0489. The van der Waals surface area contributed by atoms with E-state index in [9.17, 15) is 9.90 Å². The van der Waals surface area contributed by atoms with Gasteiger partial charge < -0.3 is 5.11 Å². The van der Waals surface area contributed by atoms with Gasteiger partial charge >= 0.3 is 5.69 Å². The molecule has 0 spiro atoms. The van der Waals surface area contributed by atoms with Crippen molar-refractivity contribution < 1.29 is 5.11 Å². The molecule has 0 unspecified atom stereocenters. The maximum Gasteiger partial charge on any atom is 0.336 e. The molecule has 0 aliphatic rings. The Bertz CT molecular complexity index is 1660. The van der Waals surface area contributed by atoms with Crippen LogP contribution in [-0.2, 0) is 13.0 Å². The predicted molar refractivity (Wildman–Crippen MR) is 129 cm³/mol. The zero-order chi connectivity index (χ0) is 22.4. The number of benzene rings is 2. The summed E-state index contributed by atoms with van der Waals surface area (Å²) in [6.45, 7) is 0.341. The second-order valence-electron chi connectivity index (χ2n) is 7.91. The molecule has 0 aliphatic heterocycles. The Morgan fingerprint density at radius 3 is 2.79 bits per heavy atom. The van der Waals surface area contributed by atoms with E-state index in [1.807, 2.05) is 42.5 Å². The third-order valence-electron chi connectivity index (χ3n) is 5.91. The molecule has 0 radical (unpaired) electrons. The predicted octanol–water partition coefficient (Wildman–Crippen LogP) is 4.47. The molecule has 4 heterocycles. The van der Waals surface area contributed by atoms with Crippen molar-refractivity contribution in [3.8, 4) is 11.6 Å². The lowest BCUT2D eigenvalue weighted by atomic mass is 10.1. The molecule has 2 N–H and O–H groups in total. The minimum Gasteiger partial charge on any atom is -0.493 e. The first-order valence-electron chi connectivity index (χ1n) is 10.5. The molecular weight excluding hydrogens is 434 g/mol. The van der Waals surface area contributed by atoms with Crippen molar-refractivity contribution in [1.82, 2.24) is 24.3 Å². The Labute approximate surface area is 192 Å². The van der Waals surface area contributed by atoms with Gasteiger partial charge in [0.2, 0.25) is 5.88 Å². The van der Waals surface area contributed by atoms with E-state index in [0.717, 1.165) is 27.4 Å². The highest BCUT2D eigenvalue weighted by molar-refractivity contribution is 7.17. The molecule has 162 valence electrons. The molecule has 0 atom stereocenters. The topological polar surface area (TPSA) is 88.7 Å². The monoisotopic (exact) mass is 453 g/mol. The van der Waals surface area contributed by atoms with Gasteiger partial charge in [-0.25, -0.2) is 9.36 Å². The second kappa shape index (κ2) is 7.75. The number of rotatable bonds is 5. The van der Waals surface area contributed by atoms with E-state index in [4.69, 9.17) is 0 Å². The Morgan fingerprint density at radius 1 is 1.06 bits per heavy atom. The van der Waals surface area contributed by atoms with Gasteiger partial charge in [-0.3, -0.25) is 14.6 Å². The van der Waals surface area contributed by atoms with Crippen molar-refractivity contribution in [1.29, 1.82) is 0 Å². The highest BCUT2D eigenvalue weighted by atomic mass is 32.1. The molecule has 0 amide bonds. The maximum absolute atomic E-state index is 13.6. The van der Waals surface area contributed by atoms with E-state index < -0.39 is 0 Å². The molecule has 6 aromatic rings. The molecule has 2 aromatic carbocycles. The summed E-state index contributed by atoms with van der Waals surface area (Å²) < 4.78 is 4.20. The standard InChI is InChI=1S/C25H19N5O2S/c31-24-22(12-18-15-33-23-4-2-1-3-20(18)23)29(14-16-7-9-26-10-8-16)25(32)30(24)19-5-6-21-17(11-19)13-27-28-21/h1-11,13,15,31H,12,14H2,(H,27,28). The zero-order valence-electron chi connectivity index (χ0n) is 17.5. The van der Waals surface area contributed by atoms with Crippen molar-refractivity contribution in [2.45, 2.75) is 13.0 Å². The third kappa shape index (κ3) is 3.32. The van der Waals surface area contributed by atoms with Crippen LogP contribution in [0.3, 0.4) is 0 Å². The number of imidazole rings is 1. The van der Waals surface area contributed by atoms with Crippen LogP contribution in [0.15, 0.2) is 83.4 Å². The number of aromatic nitrogens is 5. The smallest absolute Gasteiger partial charge is 0.336 e. The summed E-state index contributed by atoms with van der Waals surface area (Å²) in [6, 6.07) is 17.4. The van der Waals surface area contributed by atoms with Gasteiger partial charge in [-0.1, -0.05) is 18.2 Å². The third-order valence-corrected chi connectivity index (χ3v) is 6.92. The molecule has 0 saturated heterocycles. The Kier molecular flexibility index (Phi) is 4.58. The number of aromatic amines is 1. The number of fused-ring (bicyclic) bond motifs is 2. The van der Waals surface area contributed by atoms with Gasteiger partial charge in [-0.2, -0.15) is 5.10 Å². The van der Waals surface area contributed by atoms with Gasteiger partial charge in [0.15, 0.2) is 0 Å². The molecule has 4 aromatic heterocycles. The summed E-state index contributed by atoms with van der Waals surface area (Å²) in [7, 11) is 0. The molecule has 0 saturated carbocycles. The number of H-pyrrole nitrogens is 1. The van der Waals surface area contributed by atoms with Gasteiger partial charge in [0, 0.05) is 28.9 Å². The lowest BCUT2D eigenvalue weighted by molar-refractivity contribution is 0.435. The molecule has 0 aliphatic carbocycles. The van der Waals surface area contributed by atoms with E-state index in [1.54, 1.807) is 34.5 Å². The highest BCUT2D eigenvalue weighted by Gasteiger charge is 2.22. The highest BCUT2D eigenvalue weighted by Crippen LogP contribution is 2.31. The van der Waals surface area contributed by atoms with Crippen molar-refractivity contribution in [3.63, 3.8) is 0 Å². The normalized spacial score (nSPS) is 11.5. The van der Waals surface area contributed by atoms with E-state index in [2.05, 4.69) is 32.7 Å². The number of nitrogens with one attached hydrogen (secondary N) is 1. The number of aromatic hydroxyl groups is 1. The molecule has 6 rings (SSSR count). The summed E-state index contributed by atoms with van der Waals surface area (Å²) in [6.07, 6.45) is 5.55. The zero-order valence-corrected chi connectivity index (χ0v) is 18.3. The quantitative estimate of drug-likeness (QED) is 0.403. The second-order valence-corrected chi connectivity index (χ2v) is 8.82. The van der Waals surface area contributed by atoms with Crippen molar-refractivity contribution in [3.05, 3.63) is 106 Å². The Morgan fingerprint density at radius 2 is 1.91 bits per heavy atom. The first-order chi connectivity index (χ1) is 16.2. The first-order valence-corrected chi connectivity index (χ1v) is 11.4. The van der Waals surface area contributed by atoms with Gasteiger partial charge in [-0.15, -0.1) is 11.3 Å². The van der Waals surface area contributed by atoms with Crippen molar-refractivity contribution >= 4 is 32.3 Å². The van der Waals surface area contributed by atoms with Crippen LogP contribution >= 0.6 is 11.3 Å². The largest absolute Gasteiger partial charge is 0.493 e. The van der Waals surface area contributed by atoms with Crippen molar-refractivity contribution in [2.24, 2.45) is 0 Å². The number of thiophene rings is 1. The van der Waals surface area contributed by atoms with Crippen LogP contribution in [0.1, 0.15) is 16.8 Å². The number of pyridine rings is 1. The molecule has 0 bridgehead atoms. The van der Waals surface area contributed by atoms with Crippen LogP contribution in [0, 0.1) is 0 Å². The summed E-state index contributed by atoms with van der Waals surface area (Å²) in [4.78, 5) is 17.7. The minimum atomic E-state index is -0.290. The SMILES string of the molecule is O=c1n(Cc2ccncc2)c(Cc2csc3ccccc23)c(O)n1-c1ccc2[nH]ncc2c1. The fourth-order valence-corrected chi connectivity index (χ4v) is 5.20. The van der Waals surface area contributed by atoms with E-state index in [-0.39, 0.29) is 11.6 Å². The number of hydrogen-bond acceptors (Lipinski definition) is 5. The minimum absolute atomic E-state index is 0.0489. The molecule has 33 heavy (non-hydrogen) atoms. The van der Waals surface area contributed by atoms with E-state index in [0.29, 0.717) is 24.3 Å². The van der Waals surface area contributed by atoms with Crippen LogP contribution in [0.4, 0.5) is 0 Å². The van der Waals surface area contributed by atoms with Crippen LogP contribution in [0.5, 0.6) is 5.88 Å². The molecule has 7 nitrogen and oxygen atoms in total.